The van der Waals surface area contributed by atoms with E-state index in [0.29, 0.717) is 6.42 Å². The van der Waals surface area contributed by atoms with E-state index in [2.05, 4.69) is 11.7 Å². The van der Waals surface area contributed by atoms with E-state index in [-0.39, 0.29) is 5.91 Å². The fourth-order valence-corrected chi connectivity index (χ4v) is 0.112. The Kier molecular flexibility index (Phi) is 2.29. The van der Waals surface area contributed by atoms with Gasteiger partial charge in [0.05, 0.1) is 0 Å². The first-order valence-corrected chi connectivity index (χ1v) is 1.80. The third-order valence-corrected chi connectivity index (χ3v) is 0.479. The molecule has 0 aromatic carbocycles. The molecule has 0 saturated heterocycles. The second-order valence-electron chi connectivity index (χ2n) is 0.905. The summed E-state index contributed by atoms with van der Waals surface area (Å²) in [5, 5.41) is 0. The first kappa shape index (κ1) is 5.34. The van der Waals surface area contributed by atoms with Crippen molar-refractivity contribution in [1.82, 2.24) is 0 Å². The average molecular weight is 85.1 g/mol. The molecule has 0 aromatic rings. The second kappa shape index (κ2) is 2.57. The summed E-state index contributed by atoms with van der Waals surface area (Å²) < 4.78 is 0. The lowest BCUT2D eigenvalue weighted by molar-refractivity contribution is -0.117. The average Bonchev–Trinajstić information content (AvgIpc) is 1.65. The SMILES string of the molecule is C=NC(=O)CC. The summed E-state index contributed by atoms with van der Waals surface area (Å²) in [7, 11) is 0. The molecule has 0 aliphatic rings. The van der Waals surface area contributed by atoms with Gasteiger partial charge in [-0.05, 0) is 6.72 Å². The fourth-order valence-electron chi connectivity index (χ4n) is 0.112. The first-order chi connectivity index (χ1) is 2.81. The number of aliphatic imine (C=N–C) groups is 1. The highest BCUT2D eigenvalue weighted by Gasteiger charge is 1.83. The molecule has 0 spiro atoms. The maximum atomic E-state index is 9.95. The number of hydrogen-bond acceptors (Lipinski definition) is 1. The highest BCUT2D eigenvalue weighted by atomic mass is 16.1. The minimum absolute atomic E-state index is 0.144. The maximum absolute atomic E-state index is 9.95. The van der Waals surface area contributed by atoms with Gasteiger partial charge in [0.25, 0.3) is 0 Å². The molecule has 0 unspecified atom stereocenters. The van der Waals surface area contributed by atoms with Gasteiger partial charge in [-0.25, -0.2) is 4.99 Å². The topological polar surface area (TPSA) is 29.4 Å². The highest BCUT2D eigenvalue weighted by molar-refractivity contribution is 5.80. The van der Waals surface area contributed by atoms with Crippen molar-refractivity contribution in [2.75, 3.05) is 0 Å². The molecule has 0 radical (unpaired) electrons. The molecule has 34 valence electrons. The number of carbonyl (C=O) groups is 1. The zero-order valence-corrected chi connectivity index (χ0v) is 3.77. The predicted molar refractivity (Wildman–Crippen MR) is 24.8 cm³/mol. The summed E-state index contributed by atoms with van der Waals surface area (Å²) in [6.45, 7) is 4.78. The van der Waals surface area contributed by atoms with Crippen LogP contribution in [0.2, 0.25) is 0 Å². The van der Waals surface area contributed by atoms with Crippen LogP contribution in [0.4, 0.5) is 0 Å². The number of rotatable bonds is 1. The molecule has 2 heteroatoms. The van der Waals surface area contributed by atoms with Gasteiger partial charge in [0.2, 0.25) is 5.91 Å². The molecule has 0 aliphatic carbocycles. The van der Waals surface area contributed by atoms with Crippen LogP contribution in [0.5, 0.6) is 0 Å². The van der Waals surface area contributed by atoms with Gasteiger partial charge >= 0.3 is 0 Å². The van der Waals surface area contributed by atoms with Crippen molar-refractivity contribution in [1.29, 1.82) is 0 Å². The molecule has 0 fully saturated rings. The molecule has 0 aromatic heterocycles. The quantitative estimate of drug-likeness (QED) is 0.429. The molecule has 0 bridgehead atoms. The Morgan fingerprint density at radius 1 is 2.00 bits per heavy atom. The van der Waals surface area contributed by atoms with Crippen LogP contribution in [0, 0.1) is 0 Å². The smallest absolute Gasteiger partial charge is 0.244 e. The van der Waals surface area contributed by atoms with Gasteiger partial charge in [-0.3, -0.25) is 4.79 Å². The van der Waals surface area contributed by atoms with Crippen LogP contribution < -0.4 is 0 Å². The largest absolute Gasteiger partial charge is 0.273 e. The first-order valence-electron chi connectivity index (χ1n) is 1.80. The van der Waals surface area contributed by atoms with Crippen molar-refractivity contribution in [3.05, 3.63) is 0 Å². The van der Waals surface area contributed by atoms with Crippen molar-refractivity contribution in [3.63, 3.8) is 0 Å². The molecule has 0 N–H and O–H groups in total. The third kappa shape index (κ3) is 1.64. The lowest BCUT2D eigenvalue weighted by atomic mass is 10.5. The van der Waals surface area contributed by atoms with E-state index in [9.17, 15) is 4.79 Å². The number of hydrogen-bond donors (Lipinski definition) is 0. The Morgan fingerprint density at radius 2 is 2.50 bits per heavy atom. The van der Waals surface area contributed by atoms with Crippen LogP contribution in [-0.2, 0) is 4.79 Å². The lowest BCUT2D eigenvalue weighted by Gasteiger charge is -1.75. The van der Waals surface area contributed by atoms with Gasteiger partial charge in [-0.1, -0.05) is 6.92 Å². The molecule has 1 amide bonds. The zero-order chi connectivity index (χ0) is 4.99. The summed E-state index contributed by atoms with van der Waals surface area (Å²) in [4.78, 5) is 13.1. The molecule has 2 nitrogen and oxygen atoms in total. The van der Waals surface area contributed by atoms with Crippen molar-refractivity contribution in [3.8, 4) is 0 Å². The van der Waals surface area contributed by atoms with E-state index in [1.54, 1.807) is 6.92 Å². The van der Waals surface area contributed by atoms with Crippen LogP contribution in [0.3, 0.4) is 0 Å². The van der Waals surface area contributed by atoms with Crippen LogP contribution >= 0.6 is 0 Å². The van der Waals surface area contributed by atoms with E-state index in [4.69, 9.17) is 0 Å². The van der Waals surface area contributed by atoms with Crippen molar-refractivity contribution in [2.45, 2.75) is 13.3 Å². The molecule has 0 rings (SSSR count). The molecule has 0 aliphatic heterocycles. The highest BCUT2D eigenvalue weighted by Crippen LogP contribution is 1.76. The Hall–Kier alpha value is -0.660. The van der Waals surface area contributed by atoms with Gasteiger partial charge in [0.15, 0.2) is 0 Å². The fraction of sp³-hybridized carbons (Fsp3) is 0.500. The molecule has 6 heavy (non-hydrogen) atoms. The standard InChI is InChI=1S/C4H7NO/c1-3-4(6)5-2/h2-3H2,1H3. The summed E-state index contributed by atoms with van der Waals surface area (Å²) in [6.07, 6.45) is 0.462. The number of amides is 1. The minimum Gasteiger partial charge on any atom is -0.273 e. The Balaban J connectivity index is 3.23. The Labute approximate surface area is 36.9 Å². The van der Waals surface area contributed by atoms with E-state index < -0.39 is 0 Å². The zero-order valence-electron chi connectivity index (χ0n) is 3.77. The van der Waals surface area contributed by atoms with Crippen molar-refractivity contribution in [2.24, 2.45) is 4.99 Å². The lowest BCUT2D eigenvalue weighted by Crippen LogP contribution is -1.84. The van der Waals surface area contributed by atoms with Crippen molar-refractivity contribution >= 4 is 12.6 Å². The molecule has 0 heterocycles. The molecule has 0 atom stereocenters. The molecular weight excluding hydrogens is 78.0 g/mol. The van der Waals surface area contributed by atoms with E-state index in [0.717, 1.165) is 0 Å². The molecule has 0 saturated carbocycles. The van der Waals surface area contributed by atoms with Gasteiger partial charge in [-0.15, -0.1) is 0 Å². The van der Waals surface area contributed by atoms with Crippen LogP contribution in [0.1, 0.15) is 13.3 Å². The van der Waals surface area contributed by atoms with Crippen LogP contribution in [0.25, 0.3) is 0 Å². The van der Waals surface area contributed by atoms with E-state index in [1.807, 2.05) is 0 Å². The maximum Gasteiger partial charge on any atom is 0.244 e. The van der Waals surface area contributed by atoms with Crippen molar-refractivity contribution < 1.29 is 4.79 Å². The Morgan fingerprint density at radius 3 is 2.50 bits per heavy atom. The van der Waals surface area contributed by atoms with E-state index in [1.165, 1.54) is 0 Å². The van der Waals surface area contributed by atoms with Crippen LogP contribution in [0.15, 0.2) is 4.99 Å². The van der Waals surface area contributed by atoms with Gasteiger partial charge < -0.3 is 0 Å². The van der Waals surface area contributed by atoms with Crippen LogP contribution in [-0.4, -0.2) is 12.6 Å². The summed E-state index contributed by atoms with van der Waals surface area (Å²) in [5.41, 5.74) is 0. The Bertz CT molecular complexity index is 67.9. The predicted octanol–water partition coefficient (Wildman–Crippen LogP) is 0.624. The number of nitrogens with zero attached hydrogens (tertiary/aromatic N) is 1. The molecular formula is C4H7NO. The normalized spacial score (nSPS) is 7.50. The minimum atomic E-state index is -0.144. The summed E-state index contributed by atoms with van der Waals surface area (Å²) in [5.74, 6) is -0.144. The summed E-state index contributed by atoms with van der Waals surface area (Å²) in [6, 6.07) is 0. The number of carbonyl (C=O) groups excluding carboxylic acids is 1. The van der Waals surface area contributed by atoms with Gasteiger partial charge in [0, 0.05) is 6.42 Å². The van der Waals surface area contributed by atoms with Gasteiger partial charge in [-0.2, -0.15) is 0 Å². The summed E-state index contributed by atoms with van der Waals surface area (Å²) >= 11 is 0. The third-order valence-electron chi connectivity index (χ3n) is 0.479. The van der Waals surface area contributed by atoms with E-state index >= 15 is 0 Å². The monoisotopic (exact) mass is 85.1 g/mol. The van der Waals surface area contributed by atoms with Gasteiger partial charge in [0.1, 0.15) is 0 Å². The second-order valence-corrected chi connectivity index (χ2v) is 0.905.